The van der Waals surface area contributed by atoms with Crippen LogP contribution >= 0.6 is 0 Å². The quantitative estimate of drug-likeness (QED) is 0.479. The Morgan fingerprint density at radius 2 is 2.24 bits per heavy atom. The van der Waals surface area contributed by atoms with E-state index in [0.717, 1.165) is 0 Å². The highest BCUT2D eigenvalue weighted by Crippen LogP contribution is 2.27. The zero-order valence-corrected chi connectivity index (χ0v) is 9.20. The van der Waals surface area contributed by atoms with Crippen molar-refractivity contribution in [2.75, 3.05) is 32.9 Å². The van der Waals surface area contributed by atoms with Crippen molar-refractivity contribution < 1.29 is 23.0 Å². The van der Waals surface area contributed by atoms with Crippen molar-refractivity contribution in [1.82, 2.24) is 4.90 Å². The SMILES string of the molecule is N=C(N)C(CN1CCOCC1CO)C(F)(F)F. The predicted molar refractivity (Wildman–Crippen MR) is 54.7 cm³/mol. The maximum Gasteiger partial charge on any atom is 0.399 e. The fourth-order valence-electron chi connectivity index (χ4n) is 1.71. The van der Waals surface area contributed by atoms with Crippen LogP contribution in [0.5, 0.6) is 0 Å². The summed E-state index contributed by atoms with van der Waals surface area (Å²) in [6, 6.07) is -0.465. The first-order valence-corrected chi connectivity index (χ1v) is 5.19. The Bertz CT molecular complexity index is 273. The lowest BCUT2D eigenvalue weighted by molar-refractivity contribution is -0.165. The van der Waals surface area contributed by atoms with Gasteiger partial charge in [0.1, 0.15) is 11.8 Å². The summed E-state index contributed by atoms with van der Waals surface area (Å²) in [5.74, 6) is -2.89. The Balaban J connectivity index is 2.68. The van der Waals surface area contributed by atoms with Crippen LogP contribution in [0.2, 0.25) is 0 Å². The van der Waals surface area contributed by atoms with Crippen molar-refractivity contribution in [1.29, 1.82) is 5.41 Å². The molecular weight excluding hydrogens is 239 g/mol. The second-order valence-corrected chi connectivity index (χ2v) is 3.96. The number of alkyl halides is 3. The van der Waals surface area contributed by atoms with Gasteiger partial charge in [-0.25, -0.2) is 0 Å². The normalized spacial score (nSPS) is 24.6. The smallest absolute Gasteiger partial charge is 0.395 e. The second kappa shape index (κ2) is 5.65. The molecule has 1 fully saturated rings. The van der Waals surface area contributed by atoms with Crippen LogP contribution in [0.3, 0.4) is 0 Å². The summed E-state index contributed by atoms with van der Waals surface area (Å²) in [6.45, 7) is 0.124. The number of hydrogen-bond acceptors (Lipinski definition) is 4. The van der Waals surface area contributed by atoms with Crippen molar-refractivity contribution in [2.45, 2.75) is 12.2 Å². The first kappa shape index (κ1) is 14.2. The highest BCUT2D eigenvalue weighted by molar-refractivity contribution is 5.80. The molecule has 1 heterocycles. The van der Waals surface area contributed by atoms with Gasteiger partial charge in [-0.3, -0.25) is 10.3 Å². The molecule has 2 unspecified atom stereocenters. The van der Waals surface area contributed by atoms with Crippen LogP contribution in [0.25, 0.3) is 0 Å². The van der Waals surface area contributed by atoms with Crippen LogP contribution < -0.4 is 5.73 Å². The maximum absolute atomic E-state index is 12.6. The summed E-state index contributed by atoms with van der Waals surface area (Å²) >= 11 is 0. The van der Waals surface area contributed by atoms with Crippen LogP contribution in [-0.4, -0.2) is 61.0 Å². The molecule has 5 nitrogen and oxygen atoms in total. The highest BCUT2D eigenvalue weighted by Gasteiger charge is 2.43. The molecule has 0 aromatic carbocycles. The molecular formula is C9H16F3N3O2. The van der Waals surface area contributed by atoms with E-state index in [-0.39, 0.29) is 13.2 Å². The molecule has 1 aliphatic rings. The minimum Gasteiger partial charge on any atom is -0.395 e. The van der Waals surface area contributed by atoms with Gasteiger partial charge in [0.2, 0.25) is 0 Å². The van der Waals surface area contributed by atoms with Gasteiger partial charge in [-0.2, -0.15) is 13.2 Å². The van der Waals surface area contributed by atoms with Gasteiger partial charge in [0.05, 0.1) is 25.9 Å². The Kier molecular flexibility index (Phi) is 4.72. The molecule has 8 heteroatoms. The summed E-state index contributed by atoms with van der Waals surface area (Å²) < 4.78 is 42.9. The Hall–Kier alpha value is -0.860. The summed E-state index contributed by atoms with van der Waals surface area (Å²) in [5.41, 5.74) is 4.97. The van der Waals surface area contributed by atoms with Gasteiger partial charge in [-0.15, -0.1) is 0 Å². The van der Waals surface area contributed by atoms with Crippen LogP contribution in [0.4, 0.5) is 13.2 Å². The number of ether oxygens (including phenoxy) is 1. The van der Waals surface area contributed by atoms with Crippen LogP contribution in [0.1, 0.15) is 0 Å². The van der Waals surface area contributed by atoms with Gasteiger partial charge in [0.15, 0.2) is 0 Å². The number of rotatable bonds is 4. The van der Waals surface area contributed by atoms with E-state index in [1.165, 1.54) is 4.90 Å². The average Bonchev–Trinajstić information content (AvgIpc) is 2.24. The number of morpholine rings is 1. The van der Waals surface area contributed by atoms with Gasteiger partial charge in [-0.05, 0) is 0 Å². The Labute approximate surface area is 96.8 Å². The molecule has 1 aliphatic heterocycles. The second-order valence-electron chi connectivity index (χ2n) is 3.96. The van der Waals surface area contributed by atoms with Gasteiger partial charge >= 0.3 is 6.18 Å². The fourth-order valence-corrected chi connectivity index (χ4v) is 1.71. The van der Waals surface area contributed by atoms with Crippen molar-refractivity contribution in [3.63, 3.8) is 0 Å². The Morgan fingerprint density at radius 3 is 2.71 bits per heavy atom. The van der Waals surface area contributed by atoms with E-state index >= 15 is 0 Å². The van der Waals surface area contributed by atoms with E-state index in [1.54, 1.807) is 0 Å². The number of nitrogens with one attached hydrogen (secondary N) is 1. The van der Waals surface area contributed by atoms with Crippen LogP contribution in [0.15, 0.2) is 0 Å². The Morgan fingerprint density at radius 1 is 1.59 bits per heavy atom. The minimum absolute atomic E-state index is 0.193. The lowest BCUT2D eigenvalue weighted by Crippen LogP contribution is -2.53. The monoisotopic (exact) mass is 255 g/mol. The molecule has 17 heavy (non-hydrogen) atoms. The molecule has 1 rings (SSSR count). The largest absolute Gasteiger partial charge is 0.399 e. The van der Waals surface area contributed by atoms with Crippen molar-refractivity contribution in [3.8, 4) is 0 Å². The molecule has 4 N–H and O–H groups in total. The van der Waals surface area contributed by atoms with Crippen molar-refractivity contribution >= 4 is 5.84 Å². The molecule has 0 spiro atoms. The molecule has 1 saturated heterocycles. The van der Waals surface area contributed by atoms with Crippen molar-refractivity contribution in [3.05, 3.63) is 0 Å². The number of aliphatic hydroxyl groups excluding tert-OH is 1. The number of aliphatic hydroxyl groups is 1. The van der Waals surface area contributed by atoms with Gasteiger partial charge in [0.25, 0.3) is 0 Å². The molecule has 0 aromatic rings. The van der Waals surface area contributed by atoms with E-state index in [2.05, 4.69) is 0 Å². The average molecular weight is 255 g/mol. The zero-order chi connectivity index (χ0) is 13.1. The molecule has 0 aliphatic carbocycles. The molecule has 0 aromatic heterocycles. The number of nitrogens with zero attached hydrogens (tertiary/aromatic N) is 1. The number of halogens is 3. The summed E-state index contributed by atoms with van der Waals surface area (Å²) in [7, 11) is 0. The van der Waals surface area contributed by atoms with Crippen LogP contribution in [0, 0.1) is 11.3 Å². The summed E-state index contributed by atoms with van der Waals surface area (Å²) in [6.07, 6.45) is -4.54. The van der Waals surface area contributed by atoms with E-state index in [4.69, 9.17) is 21.0 Å². The highest BCUT2D eigenvalue weighted by atomic mass is 19.4. The fraction of sp³-hybridized carbons (Fsp3) is 0.889. The van der Waals surface area contributed by atoms with E-state index in [9.17, 15) is 13.2 Å². The zero-order valence-electron chi connectivity index (χ0n) is 9.20. The number of nitrogens with two attached hydrogens (primary N) is 1. The molecule has 0 radical (unpaired) electrons. The minimum atomic E-state index is -4.54. The summed E-state index contributed by atoms with van der Waals surface area (Å²) in [4.78, 5) is 1.46. The molecule has 2 atom stereocenters. The van der Waals surface area contributed by atoms with Gasteiger partial charge in [0, 0.05) is 13.1 Å². The van der Waals surface area contributed by atoms with Crippen molar-refractivity contribution in [2.24, 2.45) is 11.7 Å². The topological polar surface area (TPSA) is 82.6 Å². The van der Waals surface area contributed by atoms with Gasteiger partial charge in [-0.1, -0.05) is 0 Å². The molecule has 100 valence electrons. The number of amidine groups is 1. The first-order chi connectivity index (χ1) is 7.86. The molecule has 0 bridgehead atoms. The lowest BCUT2D eigenvalue weighted by Gasteiger charge is -2.36. The van der Waals surface area contributed by atoms with E-state index in [0.29, 0.717) is 13.2 Å². The maximum atomic E-state index is 12.6. The third kappa shape index (κ3) is 3.83. The first-order valence-electron chi connectivity index (χ1n) is 5.19. The van der Waals surface area contributed by atoms with Gasteiger partial charge < -0.3 is 15.6 Å². The van der Waals surface area contributed by atoms with E-state index in [1.807, 2.05) is 0 Å². The molecule has 0 amide bonds. The lowest BCUT2D eigenvalue weighted by atomic mass is 10.1. The third-order valence-electron chi connectivity index (χ3n) is 2.75. The predicted octanol–water partition coefficient (Wildman–Crippen LogP) is -0.206. The standard InChI is InChI=1S/C9H16F3N3O2/c10-9(11,12)7(8(13)14)3-15-1-2-17-5-6(15)4-16/h6-7,16H,1-5H2,(H3,13,14). The summed E-state index contributed by atoms with van der Waals surface area (Å²) in [5, 5.41) is 16.0. The number of hydrogen-bond donors (Lipinski definition) is 3. The van der Waals surface area contributed by atoms with Crippen LogP contribution in [-0.2, 0) is 4.74 Å². The molecule has 0 saturated carbocycles. The third-order valence-corrected chi connectivity index (χ3v) is 2.75. The van der Waals surface area contributed by atoms with E-state index < -0.39 is 30.5 Å².